The highest BCUT2D eigenvalue weighted by Gasteiger charge is 2.02. The van der Waals surface area contributed by atoms with Crippen molar-refractivity contribution >= 4 is 27.6 Å². The molecule has 0 aliphatic carbocycles. The normalized spacial score (nSPS) is 10.6. The van der Waals surface area contributed by atoms with E-state index < -0.39 is 5.97 Å². The van der Waals surface area contributed by atoms with Gasteiger partial charge in [-0.1, -0.05) is 47.6 Å². The first-order chi connectivity index (χ1) is 7.09. The van der Waals surface area contributed by atoms with Crippen molar-refractivity contribution in [3.8, 4) is 0 Å². The first-order valence-electron chi connectivity index (χ1n) is 4.70. The summed E-state index contributed by atoms with van der Waals surface area (Å²) in [6, 6.07) is 7.05. The van der Waals surface area contributed by atoms with Gasteiger partial charge in [0.1, 0.15) is 0 Å². The molecule has 0 radical (unpaired) electrons. The summed E-state index contributed by atoms with van der Waals surface area (Å²) in [4.78, 5) is 10.6. The van der Waals surface area contributed by atoms with Gasteiger partial charge < -0.3 is 5.11 Å². The predicted molar refractivity (Wildman–Crippen MR) is 67.4 cm³/mol. The van der Waals surface area contributed by atoms with Gasteiger partial charge in [-0.2, -0.15) is 0 Å². The highest BCUT2D eigenvalue weighted by molar-refractivity contribution is 8.76. The number of carboxylic acids is 1. The molecule has 1 N–H and O–H groups in total. The van der Waals surface area contributed by atoms with E-state index in [1.807, 2.05) is 22.9 Å². The lowest BCUT2D eigenvalue weighted by atomic mass is 10.1. The third-order valence-electron chi connectivity index (χ3n) is 1.69. The van der Waals surface area contributed by atoms with Crippen LogP contribution in [0.4, 0.5) is 0 Å². The summed E-state index contributed by atoms with van der Waals surface area (Å²) in [5.74, 6) is 0.0497. The molecule has 0 heterocycles. The van der Waals surface area contributed by atoms with Crippen LogP contribution < -0.4 is 0 Å². The lowest BCUT2D eigenvalue weighted by molar-refractivity contribution is 0.0697. The van der Waals surface area contributed by atoms with Gasteiger partial charge in [0, 0.05) is 11.0 Å². The van der Waals surface area contributed by atoms with Gasteiger partial charge >= 0.3 is 5.97 Å². The Morgan fingerprint density at radius 1 is 1.33 bits per heavy atom. The molecule has 0 aliphatic heterocycles. The fourth-order valence-corrected chi connectivity index (χ4v) is 3.08. The van der Waals surface area contributed by atoms with E-state index in [1.165, 1.54) is 0 Å². The molecule has 4 heteroatoms. The maximum Gasteiger partial charge on any atom is 0.335 e. The molecule has 82 valence electrons. The van der Waals surface area contributed by atoms with E-state index >= 15 is 0 Å². The van der Waals surface area contributed by atoms with Crippen LogP contribution in [0.3, 0.4) is 0 Å². The molecule has 1 rings (SSSR count). The summed E-state index contributed by atoms with van der Waals surface area (Å²) in [5, 5.41) is 9.33. The van der Waals surface area contributed by atoms with Crippen molar-refractivity contribution < 1.29 is 9.90 Å². The minimum atomic E-state index is -0.870. The van der Waals surface area contributed by atoms with E-state index in [9.17, 15) is 4.79 Å². The van der Waals surface area contributed by atoms with Crippen LogP contribution in [0.2, 0.25) is 0 Å². The molecule has 1 aromatic rings. The van der Waals surface area contributed by atoms with Gasteiger partial charge in [-0.25, -0.2) is 4.79 Å². The number of rotatable bonds is 5. The Balaban J connectivity index is 2.46. The van der Waals surface area contributed by atoms with Gasteiger partial charge in [0.2, 0.25) is 0 Å². The van der Waals surface area contributed by atoms with E-state index in [0.29, 0.717) is 10.8 Å². The molecule has 0 spiro atoms. The van der Waals surface area contributed by atoms with Crippen LogP contribution in [0.15, 0.2) is 24.3 Å². The molecule has 0 aromatic heterocycles. The van der Waals surface area contributed by atoms with Crippen LogP contribution in [0.25, 0.3) is 0 Å². The van der Waals surface area contributed by atoms with E-state index in [1.54, 1.807) is 22.9 Å². The van der Waals surface area contributed by atoms with E-state index in [-0.39, 0.29) is 0 Å². The van der Waals surface area contributed by atoms with Crippen LogP contribution in [-0.4, -0.2) is 16.3 Å². The van der Waals surface area contributed by atoms with Crippen molar-refractivity contribution in [2.45, 2.75) is 24.9 Å². The Morgan fingerprint density at radius 3 is 2.40 bits per heavy atom. The van der Waals surface area contributed by atoms with E-state index in [2.05, 4.69) is 13.8 Å². The van der Waals surface area contributed by atoms with Crippen molar-refractivity contribution in [3.63, 3.8) is 0 Å². The molecule has 0 saturated carbocycles. The summed E-state index contributed by atoms with van der Waals surface area (Å²) in [6.07, 6.45) is 0. The first-order valence-corrected chi connectivity index (χ1v) is 7.08. The number of hydrogen-bond acceptors (Lipinski definition) is 3. The van der Waals surface area contributed by atoms with Crippen LogP contribution >= 0.6 is 21.6 Å². The number of carboxylic acid groups (broad SMARTS) is 1. The second-order valence-corrected chi connectivity index (χ2v) is 6.35. The molecule has 0 amide bonds. The summed E-state index contributed by atoms with van der Waals surface area (Å²) in [6.45, 7) is 4.32. The number of aromatic carboxylic acids is 1. The zero-order chi connectivity index (χ0) is 11.3. The smallest absolute Gasteiger partial charge is 0.335 e. The number of hydrogen-bond donors (Lipinski definition) is 1. The molecule has 15 heavy (non-hydrogen) atoms. The van der Waals surface area contributed by atoms with Crippen molar-refractivity contribution in [1.29, 1.82) is 0 Å². The molecular weight excluding hydrogens is 228 g/mol. The SMILES string of the molecule is CC(C)SSCc1ccc(C(=O)O)cc1. The van der Waals surface area contributed by atoms with Gasteiger partial charge in [0.15, 0.2) is 0 Å². The molecule has 2 nitrogen and oxygen atoms in total. The average molecular weight is 242 g/mol. The Labute approximate surface area is 97.9 Å². The quantitative estimate of drug-likeness (QED) is 0.799. The summed E-state index contributed by atoms with van der Waals surface area (Å²) >= 11 is 0. The van der Waals surface area contributed by atoms with Crippen LogP contribution in [0.5, 0.6) is 0 Å². The standard InChI is InChI=1S/C11H14O2S2/c1-8(2)15-14-7-9-3-5-10(6-4-9)11(12)13/h3-6,8H,7H2,1-2H3,(H,12,13). The predicted octanol–water partition coefficient (Wildman–Crippen LogP) is 3.67. The zero-order valence-corrected chi connectivity index (χ0v) is 10.4. The fraction of sp³-hybridized carbons (Fsp3) is 0.364. The molecular formula is C11H14O2S2. The van der Waals surface area contributed by atoms with Crippen LogP contribution in [-0.2, 0) is 5.75 Å². The van der Waals surface area contributed by atoms with Crippen molar-refractivity contribution in [3.05, 3.63) is 35.4 Å². The maximum atomic E-state index is 10.6. The number of benzene rings is 1. The topological polar surface area (TPSA) is 37.3 Å². The molecule has 0 bridgehead atoms. The van der Waals surface area contributed by atoms with Crippen molar-refractivity contribution in [1.82, 2.24) is 0 Å². The second kappa shape index (κ2) is 6.08. The fourth-order valence-electron chi connectivity index (χ4n) is 0.982. The molecule has 0 unspecified atom stereocenters. The van der Waals surface area contributed by atoms with Crippen LogP contribution in [0, 0.1) is 0 Å². The lowest BCUT2D eigenvalue weighted by Gasteiger charge is -2.04. The Bertz CT molecular complexity index is 320. The highest BCUT2D eigenvalue weighted by Crippen LogP contribution is 2.29. The summed E-state index contributed by atoms with van der Waals surface area (Å²) in [7, 11) is 3.63. The maximum absolute atomic E-state index is 10.6. The Morgan fingerprint density at radius 2 is 1.93 bits per heavy atom. The van der Waals surface area contributed by atoms with Crippen molar-refractivity contribution in [2.75, 3.05) is 0 Å². The lowest BCUT2D eigenvalue weighted by Crippen LogP contribution is -1.95. The van der Waals surface area contributed by atoms with E-state index in [0.717, 1.165) is 11.3 Å². The third kappa shape index (κ3) is 4.62. The first kappa shape index (κ1) is 12.5. The summed E-state index contributed by atoms with van der Waals surface area (Å²) in [5.41, 5.74) is 1.51. The van der Waals surface area contributed by atoms with Crippen molar-refractivity contribution in [2.24, 2.45) is 0 Å². The highest BCUT2D eigenvalue weighted by atomic mass is 33.1. The second-order valence-electron chi connectivity index (χ2n) is 3.41. The van der Waals surface area contributed by atoms with Crippen LogP contribution in [0.1, 0.15) is 29.8 Å². The monoisotopic (exact) mass is 242 g/mol. The number of carbonyl (C=O) groups is 1. The molecule has 0 fully saturated rings. The summed E-state index contributed by atoms with van der Waals surface area (Å²) < 4.78 is 0. The Hall–Kier alpha value is -0.610. The van der Waals surface area contributed by atoms with Gasteiger partial charge in [-0.3, -0.25) is 0 Å². The average Bonchev–Trinajstić information content (AvgIpc) is 2.18. The largest absolute Gasteiger partial charge is 0.478 e. The molecule has 1 aromatic carbocycles. The van der Waals surface area contributed by atoms with Gasteiger partial charge in [0.05, 0.1) is 5.56 Å². The van der Waals surface area contributed by atoms with Gasteiger partial charge in [-0.15, -0.1) is 0 Å². The third-order valence-corrected chi connectivity index (χ3v) is 4.58. The molecule has 0 atom stereocenters. The Kier molecular flexibility index (Phi) is 5.05. The van der Waals surface area contributed by atoms with E-state index in [4.69, 9.17) is 5.11 Å². The molecule has 0 saturated heterocycles. The minimum absolute atomic E-state index is 0.347. The molecule has 0 aliphatic rings. The zero-order valence-electron chi connectivity index (χ0n) is 8.77. The minimum Gasteiger partial charge on any atom is -0.478 e. The van der Waals surface area contributed by atoms with Gasteiger partial charge in [-0.05, 0) is 17.7 Å². The van der Waals surface area contributed by atoms with Gasteiger partial charge in [0.25, 0.3) is 0 Å².